The molecule has 26 heavy (non-hydrogen) atoms. The van der Waals surface area contributed by atoms with Crippen LogP contribution in [0.5, 0.6) is 0 Å². The van der Waals surface area contributed by atoms with E-state index >= 15 is 0 Å². The van der Waals surface area contributed by atoms with Gasteiger partial charge in [0.1, 0.15) is 5.76 Å². The van der Waals surface area contributed by atoms with Crippen LogP contribution in [-0.4, -0.2) is 64.5 Å². The summed E-state index contributed by atoms with van der Waals surface area (Å²) in [6.07, 6.45) is 3.55. The molecule has 2 aromatic rings. The first kappa shape index (κ1) is 18.2. The van der Waals surface area contributed by atoms with Gasteiger partial charge in [0.05, 0.1) is 11.5 Å². The van der Waals surface area contributed by atoms with Gasteiger partial charge in [0.15, 0.2) is 5.82 Å². The molecule has 0 aromatic carbocycles. The Morgan fingerprint density at radius 1 is 1.19 bits per heavy atom. The predicted molar refractivity (Wildman–Crippen MR) is 100 cm³/mol. The van der Waals surface area contributed by atoms with E-state index in [0.29, 0.717) is 30.4 Å². The van der Waals surface area contributed by atoms with Gasteiger partial charge in [-0.2, -0.15) is 0 Å². The molecule has 1 saturated heterocycles. The van der Waals surface area contributed by atoms with E-state index in [2.05, 4.69) is 20.4 Å². The molecule has 0 bridgehead atoms. The van der Waals surface area contributed by atoms with Gasteiger partial charge in [-0.05, 0) is 19.1 Å². The summed E-state index contributed by atoms with van der Waals surface area (Å²) in [7, 11) is 0. The summed E-state index contributed by atoms with van der Waals surface area (Å²) in [4.78, 5) is 32.2. The number of piperazine rings is 1. The largest absolute Gasteiger partial charge is 0.368 e. The number of nitrogens with one attached hydrogen (secondary N) is 1. The number of rotatable bonds is 6. The third-order valence-corrected chi connectivity index (χ3v) is 4.93. The maximum absolute atomic E-state index is 12.3. The van der Waals surface area contributed by atoms with Crippen molar-refractivity contribution in [2.75, 3.05) is 47.9 Å². The second-order valence-electron chi connectivity index (χ2n) is 5.94. The number of aryl methyl sites for hydroxylation is 1. The van der Waals surface area contributed by atoms with Gasteiger partial charge >= 0.3 is 0 Å². The zero-order valence-electron chi connectivity index (χ0n) is 14.6. The average molecular weight is 375 g/mol. The van der Waals surface area contributed by atoms with E-state index in [1.54, 1.807) is 25.4 Å². The fourth-order valence-corrected chi connectivity index (χ4v) is 3.41. The number of hydrogen-bond acceptors (Lipinski definition) is 7. The summed E-state index contributed by atoms with van der Waals surface area (Å²) in [6, 6.07) is 5.60. The minimum absolute atomic E-state index is 0.0643. The van der Waals surface area contributed by atoms with Gasteiger partial charge in [-0.25, -0.2) is 0 Å². The molecule has 2 amide bonds. The minimum atomic E-state index is -0.196. The molecule has 3 rings (SSSR count). The summed E-state index contributed by atoms with van der Waals surface area (Å²) in [6.45, 7) is 4.72. The van der Waals surface area contributed by atoms with E-state index in [4.69, 9.17) is 4.52 Å². The van der Waals surface area contributed by atoms with E-state index in [1.807, 2.05) is 17.0 Å². The van der Waals surface area contributed by atoms with Crippen LogP contribution in [-0.2, 0) is 9.59 Å². The zero-order valence-corrected chi connectivity index (χ0v) is 15.4. The Morgan fingerprint density at radius 3 is 2.58 bits per heavy atom. The van der Waals surface area contributed by atoms with Gasteiger partial charge < -0.3 is 19.6 Å². The highest BCUT2D eigenvalue weighted by Gasteiger charge is 2.21. The van der Waals surface area contributed by atoms with E-state index in [0.717, 1.165) is 18.8 Å². The molecule has 1 aliphatic rings. The normalized spacial score (nSPS) is 14.3. The monoisotopic (exact) mass is 375 g/mol. The number of aromatic nitrogens is 2. The Hall–Kier alpha value is -2.55. The number of carbonyl (C=O) groups excluding carboxylic acids is 2. The van der Waals surface area contributed by atoms with E-state index in [1.165, 1.54) is 11.8 Å². The first-order valence-electron chi connectivity index (χ1n) is 8.35. The average Bonchev–Trinajstić information content (AvgIpc) is 3.07. The van der Waals surface area contributed by atoms with Gasteiger partial charge in [0.2, 0.25) is 11.8 Å². The molecule has 0 saturated carbocycles. The highest BCUT2D eigenvalue weighted by Crippen LogP contribution is 2.15. The number of thioether (sulfide) groups is 1. The van der Waals surface area contributed by atoms with Crippen LogP contribution in [0.15, 0.2) is 35.1 Å². The highest BCUT2D eigenvalue weighted by atomic mass is 32.2. The van der Waals surface area contributed by atoms with Crippen LogP contribution in [0.4, 0.5) is 11.5 Å². The van der Waals surface area contributed by atoms with Crippen LogP contribution < -0.4 is 10.2 Å². The summed E-state index contributed by atoms with van der Waals surface area (Å²) >= 11 is 1.30. The summed E-state index contributed by atoms with van der Waals surface area (Å²) < 4.78 is 4.89. The van der Waals surface area contributed by atoms with Crippen molar-refractivity contribution in [2.45, 2.75) is 6.92 Å². The Morgan fingerprint density at radius 2 is 1.92 bits per heavy atom. The van der Waals surface area contributed by atoms with Crippen molar-refractivity contribution in [3.63, 3.8) is 0 Å². The summed E-state index contributed by atoms with van der Waals surface area (Å²) in [5.41, 5.74) is 1.13. The molecule has 0 radical (unpaired) electrons. The minimum Gasteiger partial charge on any atom is -0.368 e. The molecule has 0 atom stereocenters. The molecule has 9 heteroatoms. The third-order valence-electron chi connectivity index (χ3n) is 4.01. The van der Waals surface area contributed by atoms with Crippen LogP contribution in [0, 0.1) is 6.92 Å². The fourth-order valence-electron chi connectivity index (χ4n) is 2.70. The molecule has 0 spiro atoms. The quantitative estimate of drug-likeness (QED) is 0.816. The first-order valence-corrected chi connectivity index (χ1v) is 9.51. The highest BCUT2D eigenvalue weighted by molar-refractivity contribution is 8.00. The zero-order chi connectivity index (χ0) is 18.4. The smallest absolute Gasteiger partial charge is 0.235 e. The number of carbonyl (C=O) groups is 2. The number of anilines is 2. The van der Waals surface area contributed by atoms with Crippen molar-refractivity contribution in [1.29, 1.82) is 0 Å². The second-order valence-corrected chi connectivity index (χ2v) is 6.92. The SMILES string of the molecule is Cc1cc(NC(=O)CSCC(=O)N2CCN(c3ccncc3)CC2)no1. The maximum atomic E-state index is 12.3. The van der Waals surface area contributed by atoms with Gasteiger partial charge in [-0.15, -0.1) is 11.8 Å². The molecule has 8 nitrogen and oxygen atoms in total. The lowest BCUT2D eigenvalue weighted by molar-refractivity contribution is -0.128. The molecule has 2 aromatic heterocycles. The Kier molecular flexibility index (Phi) is 6.11. The van der Waals surface area contributed by atoms with Crippen LogP contribution >= 0.6 is 11.8 Å². The third kappa shape index (κ3) is 4.98. The lowest BCUT2D eigenvalue weighted by Gasteiger charge is -2.36. The molecule has 138 valence electrons. The fraction of sp³-hybridized carbons (Fsp3) is 0.412. The predicted octanol–water partition coefficient (Wildman–Crippen LogP) is 1.40. The Bertz CT molecular complexity index is 744. The molecule has 1 aliphatic heterocycles. The van der Waals surface area contributed by atoms with Crippen molar-refractivity contribution in [2.24, 2.45) is 0 Å². The van der Waals surface area contributed by atoms with Crippen molar-refractivity contribution in [3.05, 3.63) is 36.4 Å². The van der Waals surface area contributed by atoms with Gasteiger partial charge in [0.25, 0.3) is 0 Å². The number of pyridine rings is 1. The first-order chi connectivity index (χ1) is 12.6. The van der Waals surface area contributed by atoms with Crippen molar-refractivity contribution in [1.82, 2.24) is 15.0 Å². The Balaban J connectivity index is 1.36. The molecule has 1 N–H and O–H groups in total. The number of amides is 2. The number of hydrogen-bond donors (Lipinski definition) is 1. The lowest BCUT2D eigenvalue weighted by Crippen LogP contribution is -2.49. The maximum Gasteiger partial charge on any atom is 0.235 e. The van der Waals surface area contributed by atoms with Crippen LogP contribution in [0.1, 0.15) is 5.76 Å². The second kappa shape index (κ2) is 8.70. The van der Waals surface area contributed by atoms with E-state index in [-0.39, 0.29) is 17.6 Å². The van der Waals surface area contributed by atoms with E-state index in [9.17, 15) is 9.59 Å². The number of nitrogens with zero attached hydrogens (tertiary/aromatic N) is 4. The van der Waals surface area contributed by atoms with Crippen LogP contribution in [0.2, 0.25) is 0 Å². The molecule has 1 fully saturated rings. The van der Waals surface area contributed by atoms with Crippen molar-refractivity contribution < 1.29 is 14.1 Å². The van der Waals surface area contributed by atoms with E-state index < -0.39 is 0 Å². The topological polar surface area (TPSA) is 91.6 Å². The van der Waals surface area contributed by atoms with Gasteiger partial charge in [-0.1, -0.05) is 5.16 Å². The van der Waals surface area contributed by atoms with Crippen LogP contribution in [0.25, 0.3) is 0 Å². The summed E-state index contributed by atoms with van der Waals surface area (Å²) in [5.74, 6) is 1.39. The van der Waals surface area contributed by atoms with Crippen LogP contribution in [0.3, 0.4) is 0 Å². The van der Waals surface area contributed by atoms with Crippen molar-refractivity contribution >= 4 is 35.1 Å². The molecule has 0 unspecified atom stereocenters. The molecular weight excluding hydrogens is 354 g/mol. The van der Waals surface area contributed by atoms with Gasteiger partial charge in [0, 0.05) is 50.3 Å². The van der Waals surface area contributed by atoms with Crippen molar-refractivity contribution in [3.8, 4) is 0 Å². The summed E-state index contributed by atoms with van der Waals surface area (Å²) in [5, 5.41) is 6.34. The van der Waals surface area contributed by atoms with Gasteiger partial charge in [-0.3, -0.25) is 14.6 Å². The Labute approximate surface area is 155 Å². The lowest BCUT2D eigenvalue weighted by atomic mass is 10.2. The molecule has 0 aliphatic carbocycles. The standard InChI is InChI=1S/C17H21N5O3S/c1-13-10-15(20-25-13)19-16(23)11-26-12-17(24)22-8-6-21(7-9-22)14-2-4-18-5-3-14/h2-5,10H,6-9,11-12H2,1H3,(H,19,20,23). The molecular formula is C17H21N5O3S. The molecule has 3 heterocycles.